The molecule has 1 N–H and O–H groups in total. The molecular formula is C21H24ClN3O3. The van der Waals surface area contributed by atoms with Gasteiger partial charge >= 0.3 is 0 Å². The summed E-state index contributed by atoms with van der Waals surface area (Å²) in [4.78, 5) is 26.7. The number of carbonyl (C=O) groups is 1. The highest BCUT2D eigenvalue weighted by Gasteiger charge is 2.35. The Morgan fingerprint density at radius 2 is 1.82 bits per heavy atom. The fraction of sp³-hybridized carbons (Fsp3) is 0.476. The Balaban J connectivity index is 1.42. The molecule has 0 unspecified atom stereocenters. The number of fused-ring (bicyclic) bond motifs is 1. The third-order valence-corrected chi connectivity index (χ3v) is 6.14. The van der Waals surface area contributed by atoms with Gasteiger partial charge < -0.3 is 10.0 Å². The predicted octanol–water partition coefficient (Wildman–Crippen LogP) is 2.29. The van der Waals surface area contributed by atoms with E-state index in [4.69, 9.17) is 11.6 Å². The molecule has 2 aromatic rings. The molecule has 1 saturated heterocycles. The molecule has 1 amide bonds. The van der Waals surface area contributed by atoms with Gasteiger partial charge in [-0.3, -0.25) is 9.59 Å². The van der Waals surface area contributed by atoms with Gasteiger partial charge in [0.15, 0.2) is 0 Å². The third-order valence-electron chi connectivity index (χ3n) is 5.88. The maximum atomic E-state index is 12.7. The van der Waals surface area contributed by atoms with Crippen LogP contribution in [0.15, 0.2) is 35.1 Å². The molecule has 1 aromatic heterocycles. The molecule has 1 aliphatic carbocycles. The fourth-order valence-corrected chi connectivity index (χ4v) is 4.24. The summed E-state index contributed by atoms with van der Waals surface area (Å²) in [6.45, 7) is 0.834. The maximum absolute atomic E-state index is 12.7. The number of rotatable bonds is 3. The summed E-state index contributed by atoms with van der Waals surface area (Å²) in [7, 11) is 0. The monoisotopic (exact) mass is 401 g/mol. The zero-order valence-electron chi connectivity index (χ0n) is 15.7. The summed E-state index contributed by atoms with van der Waals surface area (Å²) in [5.41, 5.74) is 1.60. The van der Waals surface area contributed by atoms with Crippen molar-refractivity contribution in [2.75, 3.05) is 13.1 Å². The minimum atomic E-state index is -0.956. The first kappa shape index (κ1) is 19.2. The van der Waals surface area contributed by atoms with Crippen LogP contribution in [0.4, 0.5) is 0 Å². The van der Waals surface area contributed by atoms with E-state index in [-0.39, 0.29) is 18.0 Å². The predicted molar refractivity (Wildman–Crippen MR) is 106 cm³/mol. The number of halogens is 1. The highest BCUT2D eigenvalue weighted by Crippen LogP contribution is 2.33. The molecule has 1 fully saturated rings. The van der Waals surface area contributed by atoms with Gasteiger partial charge in [0, 0.05) is 24.2 Å². The second kappa shape index (κ2) is 7.68. The molecule has 0 radical (unpaired) electrons. The lowest BCUT2D eigenvalue weighted by Crippen LogP contribution is -2.47. The van der Waals surface area contributed by atoms with Crippen LogP contribution in [0, 0.1) is 0 Å². The number of piperidine rings is 1. The molecule has 1 aromatic carbocycles. The van der Waals surface area contributed by atoms with Crippen molar-refractivity contribution >= 4 is 17.5 Å². The number of aliphatic hydroxyl groups is 1. The second-order valence-electron chi connectivity index (χ2n) is 7.74. The van der Waals surface area contributed by atoms with Crippen molar-refractivity contribution < 1.29 is 9.90 Å². The molecule has 0 saturated carbocycles. The first-order chi connectivity index (χ1) is 13.4. The number of hydrogen-bond donors (Lipinski definition) is 1. The Morgan fingerprint density at radius 1 is 1.14 bits per heavy atom. The Hall–Kier alpha value is -2.18. The van der Waals surface area contributed by atoms with Crippen LogP contribution in [0.5, 0.6) is 0 Å². The lowest BCUT2D eigenvalue weighted by atomic mass is 9.84. The van der Waals surface area contributed by atoms with Gasteiger partial charge in [-0.15, -0.1) is 0 Å². The number of likely N-dealkylation sites (tertiary alicyclic amines) is 1. The van der Waals surface area contributed by atoms with E-state index in [2.05, 4.69) is 5.10 Å². The Bertz CT molecular complexity index is 931. The van der Waals surface area contributed by atoms with Gasteiger partial charge in [0.2, 0.25) is 5.91 Å². The quantitative estimate of drug-likeness (QED) is 0.856. The molecular weight excluding hydrogens is 378 g/mol. The number of amides is 1. The van der Waals surface area contributed by atoms with Crippen LogP contribution < -0.4 is 5.56 Å². The summed E-state index contributed by atoms with van der Waals surface area (Å²) in [6, 6.07) is 8.82. The first-order valence-electron chi connectivity index (χ1n) is 9.81. The average Bonchev–Trinajstić information content (AvgIpc) is 2.69. The smallest absolute Gasteiger partial charge is 0.267 e. The van der Waals surface area contributed by atoms with Crippen molar-refractivity contribution in [3.8, 4) is 0 Å². The average molecular weight is 402 g/mol. The molecule has 7 heteroatoms. The number of hydrogen-bond acceptors (Lipinski definition) is 4. The van der Waals surface area contributed by atoms with Crippen molar-refractivity contribution in [3.63, 3.8) is 0 Å². The number of aryl methyl sites for hydroxylation is 2. The molecule has 4 rings (SSSR count). The summed E-state index contributed by atoms with van der Waals surface area (Å²) < 4.78 is 1.28. The highest BCUT2D eigenvalue weighted by atomic mass is 35.5. The van der Waals surface area contributed by atoms with E-state index >= 15 is 0 Å². The van der Waals surface area contributed by atoms with Crippen molar-refractivity contribution in [2.45, 2.75) is 50.7 Å². The molecule has 0 spiro atoms. The minimum absolute atomic E-state index is 0.0501. The van der Waals surface area contributed by atoms with Crippen LogP contribution in [0.2, 0.25) is 5.02 Å². The molecule has 0 atom stereocenters. The molecule has 148 valence electrons. The summed E-state index contributed by atoms with van der Waals surface area (Å²) in [6.07, 6.45) is 4.81. The summed E-state index contributed by atoms with van der Waals surface area (Å²) in [5.74, 6) is -0.136. The summed E-state index contributed by atoms with van der Waals surface area (Å²) >= 11 is 5.93. The van der Waals surface area contributed by atoms with Crippen LogP contribution in [-0.4, -0.2) is 38.8 Å². The Labute approximate surface area is 168 Å². The first-order valence-corrected chi connectivity index (χ1v) is 10.2. The summed E-state index contributed by atoms with van der Waals surface area (Å²) in [5, 5.41) is 16.0. The van der Waals surface area contributed by atoms with E-state index in [1.54, 1.807) is 23.1 Å². The van der Waals surface area contributed by atoms with Crippen LogP contribution in [0.25, 0.3) is 0 Å². The van der Waals surface area contributed by atoms with Crippen molar-refractivity contribution in [2.24, 2.45) is 0 Å². The Morgan fingerprint density at radius 3 is 2.54 bits per heavy atom. The lowest BCUT2D eigenvalue weighted by Gasteiger charge is -2.38. The van der Waals surface area contributed by atoms with Crippen molar-refractivity contribution in [1.29, 1.82) is 0 Å². The normalized spacial score (nSPS) is 18.6. The van der Waals surface area contributed by atoms with Crippen LogP contribution in [-0.2, 0) is 29.8 Å². The van der Waals surface area contributed by atoms with Crippen LogP contribution in [0.1, 0.15) is 42.5 Å². The molecule has 0 bridgehead atoms. The number of nitrogens with zero attached hydrogens (tertiary/aromatic N) is 3. The maximum Gasteiger partial charge on any atom is 0.267 e. The Kier molecular flexibility index (Phi) is 5.25. The third kappa shape index (κ3) is 3.84. The van der Waals surface area contributed by atoms with E-state index in [1.165, 1.54) is 4.68 Å². The van der Waals surface area contributed by atoms with Crippen molar-refractivity contribution in [3.05, 3.63) is 62.5 Å². The zero-order valence-corrected chi connectivity index (χ0v) is 16.5. The van der Waals surface area contributed by atoms with Crippen LogP contribution >= 0.6 is 11.6 Å². The van der Waals surface area contributed by atoms with Gasteiger partial charge in [-0.2, -0.15) is 5.10 Å². The fourth-order valence-electron chi connectivity index (χ4n) is 4.12. The molecule has 6 nitrogen and oxygen atoms in total. The van der Waals surface area contributed by atoms with E-state index in [9.17, 15) is 14.7 Å². The van der Waals surface area contributed by atoms with Gasteiger partial charge in [-0.25, -0.2) is 4.68 Å². The van der Waals surface area contributed by atoms with Gasteiger partial charge in [-0.1, -0.05) is 23.7 Å². The molecule has 2 aliphatic rings. The second-order valence-corrected chi connectivity index (χ2v) is 8.17. The lowest BCUT2D eigenvalue weighted by molar-refractivity contribution is -0.136. The molecule has 28 heavy (non-hydrogen) atoms. The van der Waals surface area contributed by atoms with Gasteiger partial charge in [0.1, 0.15) is 6.54 Å². The number of aromatic nitrogens is 2. The molecule has 1 aliphatic heterocycles. The topological polar surface area (TPSA) is 75.4 Å². The standard InChI is InChI=1S/C21H24ClN3O3/c22-17-7-5-16(6-8-17)21(28)9-11-24(12-10-21)20(27)14-25-19(26)13-15-3-1-2-4-18(15)23-25/h5-8,13,28H,1-4,9-12,14H2. The minimum Gasteiger partial charge on any atom is -0.385 e. The zero-order chi connectivity index (χ0) is 19.7. The number of benzene rings is 1. The van der Waals surface area contributed by atoms with Crippen molar-refractivity contribution in [1.82, 2.24) is 14.7 Å². The SMILES string of the molecule is O=C(Cn1nc2c(cc1=O)CCCC2)N1CCC(O)(c2ccc(Cl)cc2)CC1. The number of carbonyl (C=O) groups excluding carboxylic acids is 1. The van der Waals surface area contributed by atoms with Gasteiger partial charge in [0.05, 0.1) is 11.3 Å². The van der Waals surface area contributed by atoms with Gasteiger partial charge in [0.25, 0.3) is 5.56 Å². The van der Waals surface area contributed by atoms with E-state index < -0.39 is 5.60 Å². The van der Waals surface area contributed by atoms with E-state index in [1.807, 2.05) is 12.1 Å². The largest absolute Gasteiger partial charge is 0.385 e. The van der Waals surface area contributed by atoms with E-state index in [0.29, 0.717) is 31.0 Å². The molecule has 2 heterocycles. The van der Waals surface area contributed by atoms with Crippen LogP contribution in [0.3, 0.4) is 0 Å². The van der Waals surface area contributed by atoms with E-state index in [0.717, 1.165) is 42.5 Å². The highest BCUT2D eigenvalue weighted by molar-refractivity contribution is 6.30. The van der Waals surface area contributed by atoms with Gasteiger partial charge in [-0.05, 0) is 61.8 Å².